The Labute approximate surface area is 317 Å². The highest BCUT2D eigenvalue weighted by atomic mass is 16.7. The molecule has 2 saturated heterocycles. The quantitative estimate of drug-likeness (QED) is 0.179. The number of rotatable bonds is 6. The highest BCUT2D eigenvalue weighted by Gasteiger charge is 2.50. The van der Waals surface area contributed by atoms with Gasteiger partial charge in [-0.25, -0.2) is 0 Å². The fourth-order valence-corrected chi connectivity index (χ4v) is 7.15. The molecule has 3 heterocycles. The van der Waals surface area contributed by atoms with Crippen LogP contribution in [0, 0.1) is 11.8 Å². The average Bonchev–Trinajstić information content (AvgIpc) is 3.08. The van der Waals surface area contributed by atoms with Crippen molar-refractivity contribution in [1.29, 1.82) is 0 Å². The zero-order valence-corrected chi connectivity index (χ0v) is 31.5. The number of cyclic esters (lactones) is 1. The summed E-state index contributed by atoms with van der Waals surface area (Å²) in [5.74, 6) is -6.81. The molecule has 15 heteroatoms. The summed E-state index contributed by atoms with van der Waals surface area (Å²) in [4.78, 5) is 38.2. The number of carbonyl (C=O) groups is 3. The van der Waals surface area contributed by atoms with Crippen LogP contribution in [0.25, 0.3) is 0 Å². The number of carboxylic acids is 1. The normalized spacial score (nSPS) is 42.3. The summed E-state index contributed by atoms with van der Waals surface area (Å²) in [6, 6.07) is -1.10. The molecule has 2 fully saturated rings. The number of allylic oxidation sites excluding steroid dienone is 6. The first-order valence-corrected chi connectivity index (χ1v) is 19.1. The Bertz CT molecular complexity index is 1320. The molecule has 0 aromatic carbocycles. The molecule has 3 rings (SSSR count). The molecule has 0 aliphatic carbocycles. The molecule has 0 aromatic heterocycles. The van der Waals surface area contributed by atoms with Gasteiger partial charge in [-0.2, -0.15) is 0 Å². The monoisotopic (exact) mass is 767 g/mol. The highest BCUT2D eigenvalue weighted by Crippen LogP contribution is 2.38. The van der Waals surface area contributed by atoms with E-state index in [9.17, 15) is 50.1 Å². The zero-order chi connectivity index (χ0) is 40.0. The van der Waals surface area contributed by atoms with E-state index in [1.807, 2.05) is 13.0 Å². The number of aliphatic hydroxyl groups excluding tert-OH is 5. The first-order chi connectivity index (χ1) is 25.6. The molecule has 0 spiro atoms. The molecule has 3 aliphatic heterocycles. The fraction of sp³-hybridized carbons (Fsp3) is 0.718. The standard InChI is InChI=1S/C39H61NO14/c1-4-14-26-17-11-9-7-6-8-10-12-18-27(53-38-35(46)33(40)34(45)23(3)51-38)20-31-32(36(47)48)30(44)22-39(50,54-31)21-25(42)16-13-15-24(41)19-29(43)28(5-2)37(49)52-26/h6-12,18,23,25-35,38,42-46,50H,4-5,13-17,19-22,40H2,1-3H3,(H,47,48)/b7-6+,10-8+,11-9+,18-12+/t23-,25?,26-,27?,28+,29?,30+,31+,32-,33+,34-,35+,38+,39-/m1/s1. The maximum Gasteiger partial charge on any atom is 0.311 e. The molecular weight excluding hydrogens is 706 g/mol. The van der Waals surface area contributed by atoms with Gasteiger partial charge in [0.25, 0.3) is 0 Å². The molecule has 3 aliphatic rings. The van der Waals surface area contributed by atoms with Crippen LogP contribution in [0.3, 0.4) is 0 Å². The van der Waals surface area contributed by atoms with Gasteiger partial charge in [0.15, 0.2) is 12.1 Å². The number of nitrogens with two attached hydrogens (primary N) is 1. The van der Waals surface area contributed by atoms with Crippen LogP contribution in [0.4, 0.5) is 0 Å². The summed E-state index contributed by atoms with van der Waals surface area (Å²) < 4.78 is 23.4. The second-order valence-corrected chi connectivity index (χ2v) is 14.7. The second-order valence-electron chi connectivity index (χ2n) is 14.7. The lowest BCUT2D eigenvalue weighted by atomic mass is 9.83. The molecule has 0 radical (unpaired) electrons. The summed E-state index contributed by atoms with van der Waals surface area (Å²) in [6.07, 6.45) is 2.99. The molecule has 15 nitrogen and oxygen atoms in total. The van der Waals surface area contributed by atoms with Crippen molar-refractivity contribution in [2.24, 2.45) is 17.6 Å². The summed E-state index contributed by atoms with van der Waals surface area (Å²) in [5, 5.41) is 75.1. The lowest BCUT2D eigenvalue weighted by Crippen LogP contribution is -2.61. The summed E-state index contributed by atoms with van der Waals surface area (Å²) >= 11 is 0. The van der Waals surface area contributed by atoms with Gasteiger partial charge in [0.1, 0.15) is 23.9 Å². The van der Waals surface area contributed by atoms with Gasteiger partial charge in [0.2, 0.25) is 0 Å². The maximum absolute atomic E-state index is 13.0. The molecule has 0 aromatic rings. The third-order valence-corrected chi connectivity index (χ3v) is 10.2. The van der Waals surface area contributed by atoms with Crippen molar-refractivity contribution in [3.63, 3.8) is 0 Å². The van der Waals surface area contributed by atoms with Crippen molar-refractivity contribution in [3.05, 3.63) is 48.6 Å². The van der Waals surface area contributed by atoms with Crippen molar-refractivity contribution in [1.82, 2.24) is 0 Å². The van der Waals surface area contributed by atoms with E-state index in [-0.39, 0.29) is 44.3 Å². The van der Waals surface area contributed by atoms with Crippen LogP contribution < -0.4 is 5.73 Å². The minimum absolute atomic E-state index is 0.0177. The van der Waals surface area contributed by atoms with Gasteiger partial charge in [-0.3, -0.25) is 14.4 Å². The number of carbonyl (C=O) groups excluding carboxylic acids is 2. The van der Waals surface area contributed by atoms with Gasteiger partial charge in [-0.15, -0.1) is 0 Å². The first kappa shape index (κ1) is 45.6. The van der Waals surface area contributed by atoms with Gasteiger partial charge >= 0.3 is 11.9 Å². The third kappa shape index (κ3) is 13.7. The molecule has 9 N–H and O–H groups in total. The number of esters is 1. The van der Waals surface area contributed by atoms with Gasteiger partial charge in [-0.1, -0.05) is 68.9 Å². The van der Waals surface area contributed by atoms with Crippen molar-refractivity contribution >= 4 is 17.7 Å². The molecule has 54 heavy (non-hydrogen) atoms. The number of fused-ring (bicyclic) bond motifs is 2. The molecule has 2 bridgehead atoms. The van der Waals surface area contributed by atoms with Crippen molar-refractivity contribution < 1.29 is 69.1 Å². The van der Waals surface area contributed by atoms with Gasteiger partial charge < -0.3 is 60.4 Å². The van der Waals surface area contributed by atoms with Crippen LogP contribution >= 0.6 is 0 Å². The Morgan fingerprint density at radius 2 is 1.67 bits per heavy atom. The average molecular weight is 768 g/mol. The van der Waals surface area contributed by atoms with Crippen LogP contribution in [0.2, 0.25) is 0 Å². The van der Waals surface area contributed by atoms with Crippen LogP contribution in [0.1, 0.15) is 91.4 Å². The van der Waals surface area contributed by atoms with Crippen molar-refractivity contribution in [2.75, 3.05) is 0 Å². The number of hydrogen-bond acceptors (Lipinski definition) is 14. The Morgan fingerprint density at radius 1 is 0.981 bits per heavy atom. The highest BCUT2D eigenvalue weighted by molar-refractivity contribution is 5.80. The number of ether oxygens (including phenoxy) is 4. The van der Waals surface area contributed by atoms with Gasteiger partial charge in [0, 0.05) is 38.5 Å². The van der Waals surface area contributed by atoms with Crippen molar-refractivity contribution in [3.8, 4) is 0 Å². The SMILES string of the molecule is CCC[C@@H]1C/C=C/C=C/C=C/C=C/C(O[C@@H]2O[C@H](C)[C@@H](O)[C@H](N)[C@@H]2O)C[C@@H]2O[C@](O)(CC(O)CCCC(=O)CC(O)[C@H](CC)C(=O)O1)C[C@H](O)[C@H]2C(=O)O. The van der Waals surface area contributed by atoms with E-state index in [0.29, 0.717) is 12.8 Å². The smallest absolute Gasteiger partial charge is 0.311 e. The van der Waals surface area contributed by atoms with E-state index < -0.39 is 110 Å². The van der Waals surface area contributed by atoms with Crippen LogP contribution in [-0.4, -0.2) is 127 Å². The Kier molecular flexibility index (Phi) is 18.6. The van der Waals surface area contributed by atoms with E-state index in [1.165, 1.54) is 0 Å². The number of Topliss-reactive ketones (excluding diaryl/α,β-unsaturated/α-hetero) is 1. The first-order valence-electron chi connectivity index (χ1n) is 19.1. The summed E-state index contributed by atoms with van der Waals surface area (Å²) in [5.41, 5.74) is 6.00. The summed E-state index contributed by atoms with van der Waals surface area (Å²) in [7, 11) is 0. The number of ketones is 1. The van der Waals surface area contributed by atoms with E-state index >= 15 is 0 Å². The van der Waals surface area contributed by atoms with Crippen LogP contribution in [0.5, 0.6) is 0 Å². The number of aliphatic hydroxyl groups is 6. The predicted molar refractivity (Wildman–Crippen MR) is 195 cm³/mol. The van der Waals surface area contributed by atoms with Crippen molar-refractivity contribution in [2.45, 2.75) is 164 Å². The van der Waals surface area contributed by atoms with E-state index in [2.05, 4.69) is 0 Å². The van der Waals surface area contributed by atoms with Crippen LogP contribution in [-0.2, 0) is 33.3 Å². The largest absolute Gasteiger partial charge is 0.481 e. The van der Waals surface area contributed by atoms with Gasteiger partial charge in [-0.05, 0) is 32.6 Å². The third-order valence-electron chi connectivity index (χ3n) is 10.2. The van der Waals surface area contributed by atoms with Gasteiger partial charge in [0.05, 0.1) is 54.7 Å². The van der Waals surface area contributed by atoms with E-state index in [1.54, 1.807) is 56.4 Å². The minimum Gasteiger partial charge on any atom is -0.481 e. The predicted octanol–water partition coefficient (Wildman–Crippen LogP) is 1.70. The molecular formula is C39H61NO14. The zero-order valence-electron chi connectivity index (χ0n) is 31.5. The lowest BCUT2D eigenvalue weighted by molar-refractivity contribution is -0.308. The molecule has 3 unspecified atom stereocenters. The number of hydrogen-bond donors (Lipinski definition) is 8. The van der Waals surface area contributed by atoms with Crippen LogP contribution in [0.15, 0.2) is 48.6 Å². The van der Waals surface area contributed by atoms with E-state index in [4.69, 9.17) is 24.7 Å². The molecule has 0 saturated carbocycles. The van der Waals surface area contributed by atoms with E-state index in [0.717, 1.165) is 6.42 Å². The Balaban J connectivity index is 1.90. The Hall–Kier alpha value is -2.83. The lowest BCUT2D eigenvalue weighted by Gasteiger charge is -2.45. The minimum atomic E-state index is -2.15. The topological polar surface area (TPSA) is 256 Å². The number of carboxylic acid groups (broad SMARTS) is 1. The molecule has 306 valence electrons. The maximum atomic E-state index is 13.0. The summed E-state index contributed by atoms with van der Waals surface area (Å²) in [6.45, 7) is 5.27. The molecule has 14 atom stereocenters. The molecule has 0 amide bonds. The Morgan fingerprint density at radius 3 is 2.33 bits per heavy atom. The second kappa shape index (κ2) is 22.0. The fourth-order valence-electron chi connectivity index (χ4n) is 7.15. The number of aliphatic carboxylic acids is 1.